The zero-order chi connectivity index (χ0) is 12.4. The van der Waals surface area contributed by atoms with Crippen LogP contribution in [0.25, 0.3) is 0 Å². The van der Waals surface area contributed by atoms with E-state index in [1.807, 2.05) is 11.9 Å². The zero-order valence-electron chi connectivity index (χ0n) is 10.1. The van der Waals surface area contributed by atoms with E-state index in [-0.39, 0.29) is 12.5 Å². The highest BCUT2D eigenvalue weighted by molar-refractivity contribution is 5.94. The molecule has 2 rings (SSSR count). The normalized spacial score (nSPS) is 31.5. The number of nitrogens with zero attached hydrogens (tertiary/aromatic N) is 1. The SMILES string of the molecule is CN(CC(=O)NC(N)=O)C1CC2CCC(C1)N2. The third-order valence-corrected chi connectivity index (χ3v) is 3.73. The number of nitrogens with one attached hydrogen (secondary N) is 2. The lowest BCUT2D eigenvalue weighted by Crippen LogP contribution is -2.50. The quantitative estimate of drug-likeness (QED) is 0.614. The van der Waals surface area contributed by atoms with Gasteiger partial charge in [0.1, 0.15) is 0 Å². The van der Waals surface area contributed by atoms with Crippen LogP contribution in [0.4, 0.5) is 4.79 Å². The number of amides is 3. The summed E-state index contributed by atoms with van der Waals surface area (Å²) in [5.41, 5.74) is 4.90. The van der Waals surface area contributed by atoms with Gasteiger partial charge < -0.3 is 11.1 Å². The van der Waals surface area contributed by atoms with Crippen LogP contribution in [0.5, 0.6) is 0 Å². The number of primary amides is 1. The van der Waals surface area contributed by atoms with Gasteiger partial charge in [-0.15, -0.1) is 0 Å². The summed E-state index contributed by atoms with van der Waals surface area (Å²) in [7, 11) is 1.93. The first-order valence-electron chi connectivity index (χ1n) is 6.10. The molecule has 0 aliphatic carbocycles. The van der Waals surface area contributed by atoms with Crippen LogP contribution in [0.15, 0.2) is 0 Å². The van der Waals surface area contributed by atoms with E-state index in [0.717, 1.165) is 12.8 Å². The molecule has 6 nitrogen and oxygen atoms in total. The second-order valence-corrected chi connectivity index (χ2v) is 5.09. The van der Waals surface area contributed by atoms with Crippen molar-refractivity contribution in [2.75, 3.05) is 13.6 Å². The molecule has 3 amide bonds. The van der Waals surface area contributed by atoms with Crippen LogP contribution in [-0.2, 0) is 4.79 Å². The van der Waals surface area contributed by atoms with E-state index in [4.69, 9.17) is 5.73 Å². The molecule has 0 spiro atoms. The number of carbonyl (C=O) groups is 2. The highest BCUT2D eigenvalue weighted by Gasteiger charge is 2.35. The van der Waals surface area contributed by atoms with E-state index in [9.17, 15) is 9.59 Å². The van der Waals surface area contributed by atoms with Crippen molar-refractivity contribution in [3.8, 4) is 0 Å². The van der Waals surface area contributed by atoms with Gasteiger partial charge in [-0.05, 0) is 32.7 Å². The van der Waals surface area contributed by atoms with Crippen LogP contribution < -0.4 is 16.4 Å². The Balaban J connectivity index is 1.81. The van der Waals surface area contributed by atoms with E-state index < -0.39 is 6.03 Å². The van der Waals surface area contributed by atoms with Gasteiger partial charge in [-0.1, -0.05) is 0 Å². The topological polar surface area (TPSA) is 87.5 Å². The molecule has 17 heavy (non-hydrogen) atoms. The number of hydrogen-bond donors (Lipinski definition) is 3. The van der Waals surface area contributed by atoms with E-state index in [1.54, 1.807) is 0 Å². The molecule has 2 unspecified atom stereocenters. The molecule has 2 fully saturated rings. The number of carbonyl (C=O) groups excluding carboxylic acids is 2. The number of urea groups is 1. The Morgan fingerprint density at radius 2 is 1.94 bits per heavy atom. The minimum atomic E-state index is -0.784. The lowest BCUT2D eigenvalue weighted by molar-refractivity contribution is -0.121. The second kappa shape index (κ2) is 5.01. The second-order valence-electron chi connectivity index (χ2n) is 5.09. The van der Waals surface area contributed by atoms with E-state index >= 15 is 0 Å². The van der Waals surface area contributed by atoms with Crippen molar-refractivity contribution >= 4 is 11.9 Å². The highest BCUT2D eigenvalue weighted by Crippen LogP contribution is 2.28. The Bertz CT molecular complexity index is 309. The first-order chi connectivity index (χ1) is 8.04. The predicted molar refractivity (Wildman–Crippen MR) is 63.3 cm³/mol. The monoisotopic (exact) mass is 240 g/mol. The van der Waals surface area contributed by atoms with E-state index in [1.165, 1.54) is 12.8 Å². The van der Waals surface area contributed by atoms with Gasteiger partial charge in [0.2, 0.25) is 5.91 Å². The number of nitrogens with two attached hydrogens (primary N) is 1. The van der Waals surface area contributed by atoms with Crippen LogP contribution >= 0.6 is 0 Å². The Morgan fingerprint density at radius 1 is 1.35 bits per heavy atom. The molecule has 2 aliphatic rings. The first-order valence-corrected chi connectivity index (χ1v) is 6.10. The summed E-state index contributed by atoms with van der Waals surface area (Å²) < 4.78 is 0. The minimum absolute atomic E-state index is 0.229. The van der Waals surface area contributed by atoms with Gasteiger partial charge in [0.05, 0.1) is 6.54 Å². The van der Waals surface area contributed by atoms with Crippen molar-refractivity contribution in [1.29, 1.82) is 0 Å². The largest absolute Gasteiger partial charge is 0.351 e. The molecule has 2 heterocycles. The third-order valence-electron chi connectivity index (χ3n) is 3.73. The molecule has 0 saturated carbocycles. The highest BCUT2D eigenvalue weighted by atomic mass is 16.2. The molecular formula is C11H20N4O2. The summed E-state index contributed by atoms with van der Waals surface area (Å²) in [5.74, 6) is -0.328. The number of imide groups is 1. The number of fused-ring (bicyclic) bond motifs is 2. The molecule has 4 N–H and O–H groups in total. The zero-order valence-corrected chi connectivity index (χ0v) is 10.1. The molecule has 0 radical (unpaired) electrons. The molecule has 0 aromatic heterocycles. The van der Waals surface area contributed by atoms with Crippen molar-refractivity contribution in [2.24, 2.45) is 5.73 Å². The smallest absolute Gasteiger partial charge is 0.318 e. The molecule has 0 aromatic carbocycles. The average Bonchev–Trinajstić information content (AvgIpc) is 2.56. The lowest BCUT2D eigenvalue weighted by Gasteiger charge is -2.35. The maximum absolute atomic E-state index is 11.4. The summed E-state index contributed by atoms with van der Waals surface area (Å²) >= 11 is 0. The number of piperidine rings is 1. The van der Waals surface area contributed by atoms with Crippen molar-refractivity contribution < 1.29 is 9.59 Å². The molecule has 2 aliphatic heterocycles. The Hall–Kier alpha value is -1.14. The molecular weight excluding hydrogens is 220 g/mol. The van der Waals surface area contributed by atoms with E-state index in [2.05, 4.69) is 10.6 Å². The summed E-state index contributed by atoms with van der Waals surface area (Å²) in [6.45, 7) is 0.229. The minimum Gasteiger partial charge on any atom is -0.351 e. The molecule has 0 aromatic rings. The Kier molecular flexibility index (Phi) is 3.63. The Morgan fingerprint density at radius 3 is 2.47 bits per heavy atom. The molecule has 96 valence electrons. The summed E-state index contributed by atoms with van der Waals surface area (Å²) in [5, 5.41) is 5.65. The predicted octanol–water partition coefficient (Wildman–Crippen LogP) is -0.604. The maximum atomic E-state index is 11.4. The van der Waals surface area contributed by atoms with Gasteiger partial charge in [-0.25, -0.2) is 4.79 Å². The first kappa shape index (κ1) is 12.3. The van der Waals surface area contributed by atoms with Crippen molar-refractivity contribution in [3.05, 3.63) is 0 Å². The molecule has 2 atom stereocenters. The van der Waals surface area contributed by atoms with E-state index in [0.29, 0.717) is 18.1 Å². The van der Waals surface area contributed by atoms with Gasteiger partial charge in [0.25, 0.3) is 0 Å². The maximum Gasteiger partial charge on any atom is 0.318 e. The summed E-state index contributed by atoms with van der Waals surface area (Å²) in [6, 6.07) is 0.835. The van der Waals surface area contributed by atoms with Crippen molar-refractivity contribution in [3.63, 3.8) is 0 Å². The van der Waals surface area contributed by atoms with Crippen LogP contribution in [-0.4, -0.2) is 48.6 Å². The van der Waals surface area contributed by atoms with Crippen molar-refractivity contribution in [1.82, 2.24) is 15.5 Å². The number of rotatable bonds is 3. The fourth-order valence-electron chi connectivity index (χ4n) is 2.92. The fourth-order valence-corrected chi connectivity index (χ4v) is 2.92. The summed E-state index contributed by atoms with van der Waals surface area (Å²) in [4.78, 5) is 24.0. The van der Waals surface area contributed by atoms with Crippen LogP contribution in [0.2, 0.25) is 0 Å². The average molecular weight is 240 g/mol. The molecule has 2 saturated heterocycles. The third kappa shape index (κ3) is 3.17. The van der Waals surface area contributed by atoms with Gasteiger partial charge in [0, 0.05) is 18.1 Å². The lowest BCUT2D eigenvalue weighted by atomic mass is 9.98. The van der Waals surface area contributed by atoms with Gasteiger partial charge >= 0.3 is 6.03 Å². The van der Waals surface area contributed by atoms with Gasteiger partial charge in [-0.2, -0.15) is 0 Å². The van der Waals surface area contributed by atoms with Crippen molar-refractivity contribution in [2.45, 2.75) is 43.8 Å². The van der Waals surface area contributed by atoms with Gasteiger partial charge in [0.15, 0.2) is 0 Å². The van der Waals surface area contributed by atoms with Crippen LogP contribution in [0, 0.1) is 0 Å². The molecule has 6 heteroatoms. The molecule has 2 bridgehead atoms. The number of likely N-dealkylation sites (N-methyl/N-ethyl adjacent to an activating group) is 1. The number of hydrogen-bond acceptors (Lipinski definition) is 4. The van der Waals surface area contributed by atoms with Crippen LogP contribution in [0.3, 0.4) is 0 Å². The fraction of sp³-hybridized carbons (Fsp3) is 0.818. The standard InChI is InChI=1S/C11H20N4O2/c1-15(6-10(16)14-11(12)17)9-4-7-2-3-8(5-9)13-7/h7-9,13H,2-6H2,1H3,(H3,12,14,16,17). The summed E-state index contributed by atoms with van der Waals surface area (Å²) in [6.07, 6.45) is 4.64. The Labute approximate surface area is 101 Å². The van der Waals surface area contributed by atoms with Gasteiger partial charge in [-0.3, -0.25) is 15.0 Å². The van der Waals surface area contributed by atoms with Crippen LogP contribution in [0.1, 0.15) is 25.7 Å².